The average Bonchev–Trinajstić information content (AvgIpc) is 2.81. The smallest absolute Gasteiger partial charge is 0.0651 e. The van der Waals surface area contributed by atoms with Crippen molar-refractivity contribution < 1.29 is 0 Å². The molecule has 0 amide bonds. The molecule has 19 heavy (non-hydrogen) atoms. The molecule has 2 aromatic carbocycles. The van der Waals surface area contributed by atoms with Gasteiger partial charge in [0.05, 0.1) is 11.9 Å². The lowest BCUT2D eigenvalue weighted by Gasteiger charge is -2.06. The molecule has 0 radical (unpaired) electrons. The van der Waals surface area contributed by atoms with Crippen LogP contribution in [0.25, 0.3) is 16.8 Å². The molecule has 0 bridgehead atoms. The van der Waals surface area contributed by atoms with Gasteiger partial charge < -0.3 is 0 Å². The monoisotopic (exact) mass is 248 g/mol. The highest BCUT2D eigenvalue weighted by molar-refractivity contribution is 5.65. The third-order valence-corrected chi connectivity index (χ3v) is 3.34. The molecule has 0 unspecified atom stereocenters. The maximum Gasteiger partial charge on any atom is 0.0651 e. The first-order valence-electron chi connectivity index (χ1n) is 6.43. The van der Waals surface area contributed by atoms with Crippen molar-refractivity contribution in [3.05, 3.63) is 72.1 Å². The van der Waals surface area contributed by atoms with Crippen molar-refractivity contribution >= 4 is 0 Å². The lowest BCUT2D eigenvalue weighted by molar-refractivity contribution is 0.846. The second-order valence-corrected chi connectivity index (χ2v) is 4.76. The van der Waals surface area contributed by atoms with Crippen molar-refractivity contribution in [3.63, 3.8) is 0 Å². The Morgan fingerprint density at radius 2 is 1.68 bits per heavy atom. The van der Waals surface area contributed by atoms with E-state index in [1.807, 2.05) is 16.9 Å². The zero-order valence-corrected chi connectivity index (χ0v) is 11.2. The molecule has 0 aliphatic carbocycles. The minimum atomic E-state index is 1.11. The van der Waals surface area contributed by atoms with Crippen LogP contribution in [-0.4, -0.2) is 9.78 Å². The molecular weight excluding hydrogens is 232 g/mol. The maximum atomic E-state index is 4.52. The molecule has 2 nitrogen and oxygen atoms in total. The summed E-state index contributed by atoms with van der Waals surface area (Å²) in [6.07, 6.45) is 1.94. The van der Waals surface area contributed by atoms with Crippen molar-refractivity contribution in [2.75, 3.05) is 0 Å². The van der Waals surface area contributed by atoms with Gasteiger partial charge in [0.1, 0.15) is 0 Å². The quantitative estimate of drug-likeness (QED) is 0.666. The standard InChI is InChI=1S/C17H16N2/c1-13-7-6-10-16(11-13)19-14(2)17(12-18-19)15-8-4-3-5-9-15/h3-12H,1-2H3. The molecule has 1 aromatic heterocycles. The topological polar surface area (TPSA) is 17.8 Å². The summed E-state index contributed by atoms with van der Waals surface area (Å²) < 4.78 is 2.00. The number of aromatic nitrogens is 2. The van der Waals surface area contributed by atoms with Crippen LogP contribution in [0.4, 0.5) is 0 Å². The lowest BCUT2D eigenvalue weighted by Crippen LogP contribution is -1.98. The summed E-state index contributed by atoms with van der Waals surface area (Å²) in [5.41, 5.74) is 5.91. The Morgan fingerprint density at radius 1 is 0.895 bits per heavy atom. The average molecular weight is 248 g/mol. The second kappa shape index (κ2) is 4.73. The summed E-state index contributed by atoms with van der Waals surface area (Å²) >= 11 is 0. The molecule has 0 N–H and O–H groups in total. The van der Waals surface area contributed by atoms with Crippen LogP contribution in [0.15, 0.2) is 60.8 Å². The van der Waals surface area contributed by atoms with E-state index in [0.29, 0.717) is 0 Å². The summed E-state index contributed by atoms with van der Waals surface area (Å²) in [6, 6.07) is 18.8. The molecular formula is C17H16N2. The number of benzene rings is 2. The number of hydrogen-bond donors (Lipinski definition) is 0. The van der Waals surface area contributed by atoms with Gasteiger partial charge in [-0.2, -0.15) is 5.10 Å². The number of aryl methyl sites for hydroxylation is 1. The fourth-order valence-corrected chi connectivity index (χ4v) is 2.33. The highest BCUT2D eigenvalue weighted by atomic mass is 15.3. The van der Waals surface area contributed by atoms with Gasteiger partial charge in [0.15, 0.2) is 0 Å². The zero-order valence-electron chi connectivity index (χ0n) is 11.2. The third kappa shape index (κ3) is 2.17. The van der Waals surface area contributed by atoms with Crippen molar-refractivity contribution in [2.45, 2.75) is 13.8 Å². The molecule has 1 heterocycles. The van der Waals surface area contributed by atoms with Crippen LogP contribution in [0.3, 0.4) is 0 Å². The third-order valence-electron chi connectivity index (χ3n) is 3.34. The summed E-state index contributed by atoms with van der Waals surface area (Å²) in [7, 11) is 0. The van der Waals surface area contributed by atoms with Gasteiger partial charge in [-0.15, -0.1) is 0 Å². The fraction of sp³-hybridized carbons (Fsp3) is 0.118. The number of rotatable bonds is 2. The first-order valence-corrected chi connectivity index (χ1v) is 6.43. The van der Waals surface area contributed by atoms with Crippen LogP contribution >= 0.6 is 0 Å². The van der Waals surface area contributed by atoms with E-state index in [4.69, 9.17) is 0 Å². The Bertz CT molecular complexity index is 696. The Hall–Kier alpha value is -2.35. The summed E-state index contributed by atoms with van der Waals surface area (Å²) in [5, 5.41) is 4.52. The Balaban J connectivity index is 2.09. The summed E-state index contributed by atoms with van der Waals surface area (Å²) in [4.78, 5) is 0. The lowest BCUT2D eigenvalue weighted by atomic mass is 10.1. The molecule has 0 aliphatic heterocycles. The molecule has 0 atom stereocenters. The SMILES string of the molecule is Cc1cccc(-n2ncc(-c3ccccc3)c2C)c1. The van der Waals surface area contributed by atoms with Crippen molar-refractivity contribution in [3.8, 4) is 16.8 Å². The van der Waals surface area contributed by atoms with Crippen LogP contribution in [-0.2, 0) is 0 Å². The molecule has 3 aromatic rings. The van der Waals surface area contributed by atoms with Gasteiger partial charge in [-0.1, -0.05) is 42.5 Å². The van der Waals surface area contributed by atoms with Crippen LogP contribution in [0.2, 0.25) is 0 Å². The van der Waals surface area contributed by atoms with E-state index < -0.39 is 0 Å². The predicted octanol–water partition coefficient (Wildman–Crippen LogP) is 4.16. The molecule has 0 saturated heterocycles. The predicted molar refractivity (Wildman–Crippen MR) is 78.5 cm³/mol. The van der Waals surface area contributed by atoms with E-state index in [2.05, 4.69) is 67.5 Å². The molecule has 0 fully saturated rings. The normalized spacial score (nSPS) is 10.6. The van der Waals surface area contributed by atoms with E-state index in [1.54, 1.807) is 0 Å². The van der Waals surface area contributed by atoms with E-state index in [0.717, 1.165) is 11.4 Å². The van der Waals surface area contributed by atoms with Crippen molar-refractivity contribution in [1.82, 2.24) is 9.78 Å². The number of nitrogens with zero attached hydrogens (tertiary/aromatic N) is 2. The highest BCUT2D eigenvalue weighted by Crippen LogP contribution is 2.24. The van der Waals surface area contributed by atoms with Crippen molar-refractivity contribution in [2.24, 2.45) is 0 Å². The molecule has 94 valence electrons. The van der Waals surface area contributed by atoms with Crippen LogP contribution in [0.1, 0.15) is 11.3 Å². The minimum absolute atomic E-state index is 1.11. The number of hydrogen-bond acceptors (Lipinski definition) is 1. The second-order valence-electron chi connectivity index (χ2n) is 4.76. The van der Waals surface area contributed by atoms with Crippen LogP contribution in [0.5, 0.6) is 0 Å². The first-order chi connectivity index (χ1) is 9.25. The molecule has 0 spiro atoms. The molecule has 3 rings (SSSR count). The molecule has 0 aliphatic rings. The Labute approximate surface area is 113 Å². The zero-order chi connectivity index (χ0) is 13.2. The van der Waals surface area contributed by atoms with E-state index >= 15 is 0 Å². The summed E-state index contributed by atoms with van der Waals surface area (Å²) in [6.45, 7) is 4.21. The fourth-order valence-electron chi connectivity index (χ4n) is 2.33. The molecule has 0 saturated carbocycles. The largest absolute Gasteiger partial charge is 0.237 e. The van der Waals surface area contributed by atoms with Gasteiger partial charge in [0.2, 0.25) is 0 Å². The highest BCUT2D eigenvalue weighted by Gasteiger charge is 2.09. The van der Waals surface area contributed by atoms with E-state index in [-0.39, 0.29) is 0 Å². The Kier molecular flexibility index (Phi) is 2.92. The Morgan fingerprint density at radius 3 is 2.42 bits per heavy atom. The molecule has 2 heteroatoms. The van der Waals surface area contributed by atoms with Gasteiger partial charge >= 0.3 is 0 Å². The van der Waals surface area contributed by atoms with Gasteiger partial charge in [0.25, 0.3) is 0 Å². The van der Waals surface area contributed by atoms with Gasteiger partial charge in [-0.05, 0) is 37.1 Å². The minimum Gasteiger partial charge on any atom is -0.237 e. The maximum absolute atomic E-state index is 4.52. The summed E-state index contributed by atoms with van der Waals surface area (Å²) in [5.74, 6) is 0. The first kappa shape index (κ1) is 11.7. The van der Waals surface area contributed by atoms with Gasteiger partial charge in [-0.3, -0.25) is 0 Å². The van der Waals surface area contributed by atoms with Crippen molar-refractivity contribution in [1.29, 1.82) is 0 Å². The van der Waals surface area contributed by atoms with Gasteiger partial charge in [0, 0.05) is 11.3 Å². The van der Waals surface area contributed by atoms with Crippen LogP contribution < -0.4 is 0 Å². The van der Waals surface area contributed by atoms with E-state index in [9.17, 15) is 0 Å². The van der Waals surface area contributed by atoms with Gasteiger partial charge in [-0.25, -0.2) is 4.68 Å². The van der Waals surface area contributed by atoms with Crippen LogP contribution in [0, 0.1) is 13.8 Å². The van der Waals surface area contributed by atoms with E-state index in [1.165, 1.54) is 16.7 Å².